The van der Waals surface area contributed by atoms with Crippen molar-refractivity contribution in [2.45, 2.75) is 33.2 Å². The fourth-order valence-corrected chi connectivity index (χ4v) is 2.04. The minimum absolute atomic E-state index is 0.130. The molecule has 0 unspecified atom stereocenters. The van der Waals surface area contributed by atoms with Crippen LogP contribution >= 0.6 is 12.2 Å². The Kier molecular flexibility index (Phi) is 2.51. The van der Waals surface area contributed by atoms with Crippen LogP contribution in [0.15, 0.2) is 0 Å². The van der Waals surface area contributed by atoms with Crippen molar-refractivity contribution in [2.75, 3.05) is 6.61 Å². The SMILES string of the molecule is CC(C)(C)[C@]1(C)COSN1C(=O)O. The van der Waals surface area contributed by atoms with Crippen LogP contribution in [-0.4, -0.2) is 27.7 Å². The average molecular weight is 205 g/mol. The van der Waals surface area contributed by atoms with Crippen LogP contribution in [0.25, 0.3) is 0 Å². The molecule has 13 heavy (non-hydrogen) atoms. The van der Waals surface area contributed by atoms with Gasteiger partial charge in [0.15, 0.2) is 0 Å². The van der Waals surface area contributed by atoms with Crippen LogP contribution in [0.3, 0.4) is 0 Å². The van der Waals surface area contributed by atoms with E-state index in [1.807, 2.05) is 27.7 Å². The molecule has 5 heteroatoms. The maximum absolute atomic E-state index is 10.9. The molecule has 4 nitrogen and oxygen atoms in total. The summed E-state index contributed by atoms with van der Waals surface area (Å²) < 4.78 is 6.41. The molecule has 1 fully saturated rings. The van der Waals surface area contributed by atoms with Crippen molar-refractivity contribution >= 4 is 18.3 Å². The Labute approximate surface area is 82.6 Å². The van der Waals surface area contributed by atoms with Crippen molar-refractivity contribution in [3.8, 4) is 0 Å². The lowest BCUT2D eigenvalue weighted by Gasteiger charge is -2.40. The van der Waals surface area contributed by atoms with Crippen molar-refractivity contribution in [1.29, 1.82) is 0 Å². The summed E-state index contributed by atoms with van der Waals surface area (Å²) in [5.74, 6) is 0. The van der Waals surface area contributed by atoms with Gasteiger partial charge in [0.2, 0.25) is 0 Å². The first-order valence-electron chi connectivity index (χ1n) is 4.12. The summed E-state index contributed by atoms with van der Waals surface area (Å²) in [4.78, 5) is 10.9. The van der Waals surface area contributed by atoms with Gasteiger partial charge in [0.25, 0.3) is 0 Å². The van der Waals surface area contributed by atoms with Crippen LogP contribution < -0.4 is 0 Å². The van der Waals surface area contributed by atoms with E-state index in [1.165, 1.54) is 4.31 Å². The van der Waals surface area contributed by atoms with E-state index in [4.69, 9.17) is 9.29 Å². The zero-order chi connectivity index (χ0) is 10.3. The summed E-state index contributed by atoms with van der Waals surface area (Å²) in [6.45, 7) is 8.38. The van der Waals surface area contributed by atoms with E-state index < -0.39 is 11.6 Å². The van der Waals surface area contributed by atoms with Gasteiger partial charge in [0.05, 0.1) is 12.1 Å². The lowest BCUT2D eigenvalue weighted by Crippen LogP contribution is -2.52. The number of amides is 1. The molecule has 0 saturated carbocycles. The van der Waals surface area contributed by atoms with Crippen LogP contribution in [0.2, 0.25) is 0 Å². The predicted molar refractivity (Wildman–Crippen MR) is 51.3 cm³/mol. The van der Waals surface area contributed by atoms with Crippen LogP contribution in [0, 0.1) is 5.41 Å². The van der Waals surface area contributed by atoms with E-state index >= 15 is 0 Å². The van der Waals surface area contributed by atoms with E-state index in [0.717, 1.165) is 12.2 Å². The Bertz CT molecular complexity index is 226. The van der Waals surface area contributed by atoms with Gasteiger partial charge in [-0.05, 0) is 12.3 Å². The smallest absolute Gasteiger partial charge is 0.419 e. The van der Waals surface area contributed by atoms with Crippen molar-refractivity contribution in [3.63, 3.8) is 0 Å². The number of hydrogen-bond donors (Lipinski definition) is 1. The van der Waals surface area contributed by atoms with Gasteiger partial charge >= 0.3 is 6.09 Å². The fraction of sp³-hybridized carbons (Fsp3) is 0.875. The predicted octanol–water partition coefficient (Wildman–Crippen LogP) is 2.36. The number of carboxylic acid groups (broad SMARTS) is 1. The van der Waals surface area contributed by atoms with Gasteiger partial charge in [-0.1, -0.05) is 20.8 Å². The normalized spacial score (nSPS) is 29.4. The molecule has 1 atom stereocenters. The molecule has 0 spiro atoms. The van der Waals surface area contributed by atoms with Crippen molar-refractivity contribution in [3.05, 3.63) is 0 Å². The second-order valence-corrected chi connectivity index (χ2v) is 5.19. The first-order valence-corrected chi connectivity index (χ1v) is 4.81. The van der Waals surface area contributed by atoms with Gasteiger partial charge in [-0.2, -0.15) is 0 Å². The molecular weight excluding hydrogens is 190 g/mol. The molecule has 0 bridgehead atoms. The van der Waals surface area contributed by atoms with Gasteiger partial charge in [0, 0.05) is 0 Å². The van der Waals surface area contributed by atoms with Crippen molar-refractivity contribution in [1.82, 2.24) is 4.31 Å². The Balaban J connectivity index is 2.95. The van der Waals surface area contributed by atoms with E-state index in [9.17, 15) is 4.79 Å². The first-order chi connectivity index (χ1) is 5.79. The zero-order valence-electron chi connectivity index (χ0n) is 8.33. The maximum Gasteiger partial charge on any atom is 0.419 e. The van der Waals surface area contributed by atoms with Crippen molar-refractivity contribution in [2.24, 2.45) is 5.41 Å². The molecule has 1 aliphatic heterocycles. The summed E-state index contributed by atoms with van der Waals surface area (Å²) in [5.41, 5.74) is -0.585. The van der Waals surface area contributed by atoms with Gasteiger partial charge in [-0.15, -0.1) is 0 Å². The highest BCUT2D eigenvalue weighted by molar-refractivity contribution is 7.93. The van der Waals surface area contributed by atoms with E-state index in [1.54, 1.807) is 0 Å². The standard InChI is InChI=1S/C8H15NO3S/c1-7(2,3)8(4)5-12-13-9(8)6(10)11/h5H2,1-4H3,(H,10,11)/t8-/m0/s1. The van der Waals surface area contributed by atoms with E-state index in [2.05, 4.69) is 0 Å². The molecule has 1 saturated heterocycles. The van der Waals surface area contributed by atoms with Gasteiger partial charge in [-0.25, -0.2) is 9.10 Å². The Morgan fingerprint density at radius 3 is 2.46 bits per heavy atom. The molecular formula is C8H15NO3S. The second kappa shape index (κ2) is 3.06. The number of carbonyl (C=O) groups is 1. The summed E-state index contributed by atoms with van der Waals surface area (Å²) in [5, 5.41) is 8.94. The molecule has 1 aliphatic rings. The zero-order valence-corrected chi connectivity index (χ0v) is 9.14. The highest BCUT2D eigenvalue weighted by Crippen LogP contribution is 2.44. The molecule has 0 aromatic carbocycles. The topological polar surface area (TPSA) is 49.8 Å². The third-order valence-corrected chi connectivity index (χ3v) is 3.64. The molecule has 1 heterocycles. The third kappa shape index (κ3) is 1.62. The summed E-state index contributed by atoms with van der Waals surface area (Å²) in [6, 6.07) is 0. The maximum atomic E-state index is 10.9. The average Bonchev–Trinajstić information content (AvgIpc) is 2.30. The molecule has 1 amide bonds. The summed E-state index contributed by atoms with van der Waals surface area (Å²) >= 11 is 0.918. The lowest BCUT2D eigenvalue weighted by molar-refractivity contribution is 0.0684. The van der Waals surface area contributed by atoms with E-state index in [-0.39, 0.29) is 5.41 Å². The largest absolute Gasteiger partial charge is 0.464 e. The van der Waals surface area contributed by atoms with Crippen LogP contribution in [-0.2, 0) is 4.18 Å². The van der Waals surface area contributed by atoms with Gasteiger partial charge < -0.3 is 5.11 Å². The highest BCUT2D eigenvalue weighted by Gasteiger charge is 2.50. The number of rotatable bonds is 0. The molecule has 0 aromatic heterocycles. The minimum Gasteiger partial charge on any atom is -0.464 e. The summed E-state index contributed by atoms with van der Waals surface area (Å²) in [6.07, 6.45) is -0.945. The number of nitrogens with zero attached hydrogens (tertiary/aromatic N) is 1. The van der Waals surface area contributed by atoms with Gasteiger partial charge in [-0.3, -0.25) is 4.18 Å². The molecule has 76 valence electrons. The Hall–Kier alpha value is -0.420. The minimum atomic E-state index is -0.945. The Morgan fingerprint density at radius 2 is 2.15 bits per heavy atom. The van der Waals surface area contributed by atoms with Crippen LogP contribution in [0.5, 0.6) is 0 Å². The number of hydrogen-bond acceptors (Lipinski definition) is 3. The van der Waals surface area contributed by atoms with Gasteiger partial charge in [0.1, 0.15) is 12.2 Å². The molecule has 1 N–H and O–H groups in total. The second-order valence-electron chi connectivity index (χ2n) is 4.44. The summed E-state index contributed by atoms with van der Waals surface area (Å²) in [7, 11) is 0. The lowest BCUT2D eigenvalue weighted by atomic mass is 9.75. The molecule has 0 radical (unpaired) electrons. The van der Waals surface area contributed by atoms with E-state index in [0.29, 0.717) is 6.61 Å². The third-order valence-electron chi connectivity index (χ3n) is 2.70. The quantitative estimate of drug-likeness (QED) is 0.487. The van der Waals surface area contributed by atoms with Crippen LogP contribution in [0.1, 0.15) is 27.7 Å². The molecule has 0 aromatic rings. The highest BCUT2D eigenvalue weighted by atomic mass is 32.2. The molecule has 1 rings (SSSR count). The fourth-order valence-electron chi connectivity index (χ4n) is 1.10. The van der Waals surface area contributed by atoms with Crippen molar-refractivity contribution < 1.29 is 14.1 Å². The molecule has 0 aliphatic carbocycles. The van der Waals surface area contributed by atoms with Crippen LogP contribution in [0.4, 0.5) is 4.79 Å². The Morgan fingerprint density at radius 1 is 1.62 bits per heavy atom. The monoisotopic (exact) mass is 205 g/mol. The first kappa shape index (κ1) is 10.7.